The first-order valence-electron chi connectivity index (χ1n) is 6.51. The molecule has 1 heterocycles. The Hall–Kier alpha value is -0.480. The van der Waals surface area contributed by atoms with Crippen molar-refractivity contribution in [2.75, 3.05) is 12.8 Å². The van der Waals surface area contributed by atoms with Crippen molar-refractivity contribution in [3.05, 3.63) is 18.0 Å². The van der Waals surface area contributed by atoms with Crippen molar-refractivity contribution in [3.63, 3.8) is 0 Å². The van der Waals surface area contributed by atoms with E-state index in [-0.39, 0.29) is 0 Å². The number of thioether (sulfide) groups is 1. The van der Waals surface area contributed by atoms with Crippen LogP contribution in [0.1, 0.15) is 31.2 Å². The molecule has 1 aliphatic carbocycles. The Kier molecular flexibility index (Phi) is 4.92. The molecule has 1 N–H and O–H groups in total. The first-order valence-corrected chi connectivity index (χ1v) is 7.80. The molecular formula is C13H23N3S. The molecule has 1 fully saturated rings. The molecule has 0 spiro atoms. The standard InChI is InChI=1S/C13H23N3S/c1-16-10-11(9-15-16)6-7-14-12-4-3-5-13(8-12)17-2/h9-10,12-14H,3-8H2,1-2H3. The highest BCUT2D eigenvalue weighted by Crippen LogP contribution is 2.26. The zero-order valence-electron chi connectivity index (χ0n) is 10.9. The molecule has 2 rings (SSSR count). The highest BCUT2D eigenvalue weighted by atomic mass is 32.2. The summed E-state index contributed by atoms with van der Waals surface area (Å²) in [5, 5.41) is 8.76. The minimum Gasteiger partial charge on any atom is -0.314 e. The molecule has 0 aliphatic heterocycles. The predicted octanol–water partition coefficient (Wildman–Crippen LogP) is 2.23. The smallest absolute Gasteiger partial charge is 0.0522 e. The van der Waals surface area contributed by atoms with E-state index in [9.17, 15) is 0 Å². The normalized spacial score (nSPS) is 25.1. The van der Waals surface area contributed by atoms with Crippen LogP contribution < -0.4 is 5.32 Å². The van der Waals surface area contributed by atoms with Crippen LogP contribution in [0.5, 0.6) is 0 Å². The lowest BCUT2D eigenvalue weighted by molar-refractivity contribution is 0.383. The first kappa shape index (κ1) is 13.0. The number of hydrogen-bond acceptors (Lipinski definition) is 3. The van der Waals surface area contributed by atoms with E-state index >= 15 is 0 Å². The SMILES string of the molecule is CSC1CCCC(NCCc2cnn(C)c2)C1. The van der Waals surface area contributed by atoms with E-state index < -0.39 is 0 Å². The fraction of sp³-hybridized carbons (Fsp3) is 0.769. The summed E-state index contributed by atoms with van der Waals surface area (Å²) in [6.45, 7) is 1.08. The molecule has 2 atom stereocenters. The van der Waals surface area contributed by atoms with Crippen LogP contribution in [0, 0.1) is 0 Å². The van der Waals surface area contributed by atoms with Crippen LogP contribution in [-0.4, -0.2) is 33.9 Å². The van der Waals surface area contributed by atoms with Crippen LogP contribution >= 0.6 is 11.8 Å². The maximum Gasteiger partial charge on any atom is 0.0522 e. The fourth-order valence-corrected chi connectivity index (χ4v) is 3.39. The van der Waals surface area contributed by atoms with Crippen LogP contribution in [0.4, 0.5) is 0 Å². The largest absolute Gasteiger partial charge is 0.314 e. The molecule has 2 unspecified atom stereocenters. The summed E-state index contributed by atoms with van der Waals surface area (Å²) in [5.41, 5.74) is 1.33. The van der Waals surface area contributed by atoms with Crippen molar-refractivity contribution in [2.45, 2.75) is 43.4 Å². The number of nitrogens with one attached hydrogen (secondary N) is 1. The van der Waals surface area contributed by atoms with Crippen LogP contribution in [0.2, 0.25) is 0 Å². The van der Waals surface area contributed by atoms with Gasteiger partial charge in [0.15, 0.2) is 0 Å². The first-order chi connectivity index (χ1) is 8.28. The molecular weight excluding hydrogens is 230 g/mol. The van der Waals surface area contributed by atoms with Gasteiger partial charge in [-0.2, -0.15) is 16.9 Å². The molecule has 1 saturated carbocycles. The van der Waals surface area contributed by atoms with Crippen LogP contribution in [0.15, 0.2) is 12.4 Å². The Bertz CT molecular complexity index is 337. The van der Waals surface area contributed by atoms with E-state index in [1.807, 2.05) is 29.7 Å². The van der Waals surface area contributed by atoms with Gasteiger partial charge in [0, 0.05) is 24.5 Å². The quantitative estimate of drug-likeness (QED) is 0.872. The molecule has 0 amide bonds. The third kappa shape index (κ3) is 4.03. The van der Waals surface area contributed by atoms with E-state index in [0.29, 0.717) is 0 Å². The van der Waals surface area contributed by atoms with E-state index in [2.05, 4.69) is 22.9 Å². The summed E-state index contributed by atoms with van der Waals surface area (Å²) in [5.74, 6) is 0. The lowest BCUT2D eigenvalue weighted by atomic mass is 9.95. The van der Waals surface area contributed by atoms with E-state index in [4.69, 9.17) is 0 Å². The predicted molar refractivity (Wildman–Crippen MR) is 74.5 cm³/mol. The number of rotatable bonds is 5. The zero-order chi connectivity index (χ0) is 12.1. The Morgan fingerprint density at radius 1 is 1.53 bits per heavy atom. The average molecular weight is 253 g/mol. The summed E-state index contributed by atoms with van der Waals surface area (Å²) in [7, 11) is 1.97. The molecule has 96 valence electrons. The summed E-state index contributed by atoms with van der Waals surface area (Å²) in [6, 6.07) is 0.734. The lowest BCUT2D eigenvalue weighted by Gasteiger charge is -2.28. The van der Waals surface area contributed by atoms with Crippen molar-refractivity contribution in [2.24, 2.45) is 7.05 Å². The van der Waals surface area contributed by atoms with E-state index in [1.165, 1.54) is 31.2 Å². The van der Waals surface area contributed by atoms with Gasteiger partial charge in [-0.05, 0) is 44.0 Å². The van der Waals surface area contributed by atoms with Gasteiger partial charge in [0.2, 0.25) is 0 Å². The molecule has 0 radical (unpaired) electrons. The fourth-order valence-electron chi connectivity index (χ4n) is 2.57. The highest BCUT2D eigenvalue weighted by molar-refractivity contribution is 7.99. The molecule has 1 aromatic heterocycles. The van der Waals surface area contributed by atoms with Gasteiger partial charge >= 0.3 is 0 Å². The van der Waals surface area contributed by atoms with Crippen molar-refractivity contribution in [1.82, 2.24) is 15.1 Å². The maximum atomic E-state index is 4.19. The second-order valence-corrected chi connectivity index (χ2v) is 6.09. The summed E-state index contributed by atoms with van der Waals surface area (Å²) >= 11 is 2.03. The third-order valence-corrected chi connectivity index (χ3v) is 4.66. The van der Waals surface area contributed by atoms with Crippen molar-refractivity contribution in [3.8, 4) is 0 Å². The van der Waals surface area contributed by atoms with Gasteiger partial charge in [0.1, 0.15) is 0 Å². The number of hydrogen-bond donors (Lipinski definition) is 1. The van der Waals surface area contributed by atoms with Gasteiger partial charge < -0.3 is 5.32 Å². The Morgan fingerprint density at radius 3 is 3.12 bits per heavy atom. The summed E-state index contributed by atoms with van der Waals surface area (Å²) < 4.78 is 1.87. The minimum atomic E-state index is 0.734. The second-order valence-electron chi connectivity index (χ2n) is 4.95. The van der Waals surface area contributed by atoms with Crippen LogP contribution in [0.3, 0.4) is 0 Å². The van der Waals surface area contributed by atoms with Gasteiger partial charge in [-0.15, -0.1) is 0 Å². The molecule has 1 aliphatic rings. The van der Waals surface area contributed by atoms with Crippen molar-refractivity contribution in [1.29, 1.82) is 0 Å². The maximum absolute atomic E-state index is 4.19. The van der Waals surface area contributed by atoms with Gasteiger partial charge in [-0.3, -0.25) is 4.68 Å². The second kappa shape index (κ2) is 6.45. The molecule has 1 aromatic rings. The lowest BCUT2D eigenvalue weighted by Crippen LogP contribution is -2.36. The topological polar surface area (TPSA) is 29.9 Å². The van der Waals surface area contributed by atoms with Gasteiger partial charge in [-0.25, -0.2) is 0 Å². The van der Waals surface area contributed by atoms with Crippen LogP contribution in [-0.2, 0) is 13.5 Å². The van der Waals surface area contributed by atoms with E-state index in [1.54, 1.807) is 0 Å². The molecule has 0 bridgehead atoms. The molecule has 17 heavy (non-hydrogen) atoms. The van der Waals surface area contributed by atoms with Gasteiger partial charge in [0.05, 0.1) is 6.20 Å². The Morgan fingerprint density at radius 2 is 2.41 bits per heavy atom. The minimum absolute atomic E-state index is 0.734. The number of aromatic nitrogens is 2. The van der Waals surface area contributed by atoms with Gasteiger partial charge in [0.25, 0.3) is 0 Å². The number of nitrogens with zero attached hydrogens (tertiary/aromatic N) is 2. The molecule has 3 nitrogen and oxygen atoms in total. The average Bonchev–Trinajstić information content (AvgIpc) is 2.75. The monoisotopic (exact) mass is 253 g/mol. The molecule has 0 aromatic carbocycles. The Balaban J connectivity index is 1.68. The van der Waals surface area contributed by atoms with E-state index in [0.717, 1.165) is 24.3 Å². The van der Waals surface area contributed by atoms with Crippen molar-refractivity contribution >= 4 is 11.8 Å². The van der Waals surface area contributed by atoms with Crippen LogP contribution in [0.25, 0.3) is 0 Å². The molecule has 4 heteroatoms. The third-order valence-electron chi connectivity index (χ3n) is 3.56. The highest BCUT2D eigenvalue weighted by Gasteiger charge is 2.20. The Labute approximate surface area is 108 Å². The van der Waals surface area contributed by atoms with Crippen molar-refractivity contribution < 1.29 is 0 Å². The zero-order valence-corrected chi connectivity index (χ0v) is 11.7. The summed E-state index contributed by atoms with van der Waals surface area (Å²) in [6.07, 6.45) is 12.9. The number of aryl methyl sites for hydroxylation is 1. The molecule has 0 saturated heterocycles. The summed E-state index contributed by atoms with van der Waals surface area (Å²) in [4.78, 5) is 0. The van der Waals surface area contributed by atoms with Gasteiger partial charge in [-0.1, -0.05) is 6.42 Å².